The van der Waals surface area contributed by atoms with Gasteiger partial charge in [-0.05, 0) is 26.0 Å². The summed E-state index contributed by atoms with van der Waals surface area (Å²) in [6.07, 6.45) is -2.69. The van der Waals surface area contributed by atoms with Crippen molar-refractivity contribution in [1.82, 2.24) is 10.3 Å². The van der Waals surface area contributed by atoms with Gasteiger partial charge in [-0.3, -0.25) is 0 Å². The predicted molar refractivity (Wildman–Crippen MR) is 67.1 cm³/mol. The van der Waals surface area contributed by atoms with Crippen molar-refractivity contribution in [3.8, 4) is 5.88 Å². The van der Waals surface area contributed by atoms with E-state index >= 15 is 0 Å². The van der Waals surface area contributed by atoms with E-state index in [9.17, 15) is 13.2 Å². The highest BCUT2D eigenvalue weighted by Gasteiger charge is 2.27. The van der Waals surface area contributed by atoms with Gasteiger partial charge in [0, 0.05) is 17.8 Å². The molecule has 1 heterocycles. The van der Waals surface area contributed by atoms with Crippen LogP contribution < -0.4 is 10.1 Å². The summed E-state index contributed by atoms with van der Waals surface area (Å²) in [6, 6.07) is 3.55. The van der Waals surface area contributed by atoms with Gasteiger partial charge in [-0.2, -0.15) is 13.2 Å². The minimum absolute atomic E-state index is 0.00506. The molecule has 0 aliphatic carbocycles. The highest BCUT2D eigenvalue weighted by molar-refractivity contribution is 5.28. The third kappa shape index (κ3) is 5.92. The molecule has 1 rings (SSSR count). The standard InChI is InChI=1S/C13H19F3N2O/c1-3-7-17-10(2)11-5-4-8-18-12(11)19-9-6-13(14,15)16/h4-5,8,10,17H,3,6-7,9H2,1-2H3. The van der Waals surface area contributed by atoms with Crippen LogP contribution in [0.15, 0.2) is 18.3 Å². The molecule has 0 saturated carbocycles. The number of nitrogens with zero attached hydrogens (tertiary/aromatic N) is 1. The van der Waals surface area contributed by atoms with Crippen LogP contribution in [0.25, 0.3) is 0 Å². The second-order valence-electron chi connectivity index (χ2n) is 4.29. The van der Waals surface area contributed by atoms with Crippen molar-refractivity contribution < 1.29 is 17.9 Å². The molecule has 1 N–H and O–H groups in total. The van der Waals surface area contributed by atoms with Crippen LogP contribution in [0.1, 0.15) is 38.3 Å². The van der Waals surface area contributed by atoms with E-state index < -0.39 is 19.2 Å². The Morgan fingerprint density at radius 2 is 2.16 bits per heavy atom. The lowest BCUT2D eigenvalue weighted by Crippen LogP contribution is -2.21. The third-order valence-corrected chi connectivity index (χ3v) is 2.59. The fourth-order valence-electron chi connectivity index (χ4n) is 1.59. The summed E-state index contributed by atoms with van der Waals surface area (Å²) in [5, 5.41) is 3.25. The summed E-state index contributed by atoms with van der Waals surface area (Å²) in [6.45, 7) is 4.40. The zero-order valence-corrected chi connectivity index (χ0v) is 11.1. The first-order chi connectivity index (χ1) is 8.94. The van der Waals surface area contributed by atoms with Crippen molar-refractivity contribution in [1.29, 1.82) is 0 Å². The quantitative estimate of drug-likeness (QED) is 0.828. The molecule has 19 heavy (non-hydrogen) atoms. The van der Waals surface area contributed by atoms with Crippen LogP contribution in [0.4, 0.5) is 13.2 Å². The summed E-state index contributed by atoms with van der Waals surface area (Å²) in [4.78, 5) is 4.00. The van der Waals surface area contributed by atoms with Gasteiger partial charge in [0.1, 0.15) is 0 Å². The largest absolute Gasteiger partial charge is 0.477 e. The summed E-state index contributed by atoms with van der Waals surface area (Å²) >= 11 is 0. The van der Waals surface area contributed by atoms with Gasteiger partial charge in [-0.15, -0.1) is 0 Å². The molecular weight excluding hydrogens is 257 g/mol. The molecule has 1 atom stereocenters. The van der Waals surface area contributed by atoms with E-state index in [1.807, 2.05) is 19.9 Å². The molecule has 1 aromatic heterocycles. The Kier molecular flexibility index (Phi) is 6.08. The lowest BCUT2D eigenvalue weighted by Gasteiger charge is -2.17. The highest BCUT2D eigenvalue weighted by Crippen LogP contribution is 2.24. The van der Waals surface area contributed by atoms with Crippen LogP contribution >= 0.6 is 0 Å². The normalized spacial score (nSPS) is 13.3. The van der Waals surface area contributed by atoms with Crippen LogP contribution in [-0.2, 0) is 0 Å². The van der Waals surface area contributed by atoms with Crippen molar-refractivity contribution in [2.24, 2.45) is 0 Å². The van der Waals surface area contributed by atoms with Crippen molar-refractivity contribution in [3.63, 3.8) is 0 Å². The van der Waals surface area contributed by atoms with Gasteiger partial charge in [0.15, 0.2) is 0 Å². The summed E-state index contributed by atoms with van der Waals surface area (Å²) in [5.41, 5.74) is 0.776. The molecule has 0 aliphatic rings. The number of alkyl halides is 3. The van der Waals surface area contributed by atoms with E-state index in [1.54, 1.807) is 6.07 Å². The maximum Gasteiger partial charge on any atom is 0.392 e. The fourth-order valence-corrected chi connectivity index (χ4v) is 1.59. The summed E-state index contributed by atoms with van der Waals surface area (Å²) in [7, 11) is 0. The number of pyridine rings is 1. The lowest BCUT2D eigenvalue weighted by molar-refractivity contribution is -0.139. The molecular formula is C13H19F3N2O. The molecule has 1 unspecified atom stereocenters. The second-order valence-corrected chi connectivity index (χ2v) is 4.29. The van der Waals surface area contributed by atoms with Crippen LogP contribution in [-0.4, -0.2) is 24.3 Å². The lowest BCUT2D eigenvalue weighted by atomic mass is 10.1. The number of ether oxygens (including phenoxy) is 1. The Bertz CT molecular complexity index is 382. The van der Waals surface area contributed by atoms with E-state index in [0.29, 0.717) is 0 Å². The number of hydrogen-bond acceptors (Lipinski definition) is 3. The van der Waals surface area contributed by atoms with Crippen molar-refractivity contribution in [3.05, 3.63) is 23.9 Å². The van der Waals surface area contributed by atoms with Gasteiger partial charge in [0.2, 0.25) is 5.88 Å². The van der Waals surface area contributed by atoms with Crippen molar-refractivity contribution in [2.75, 3.05) is 13.2 Å². The molecule has 0 aromatic carbocycles. The van der Waals surface area contributed by atoms with Crippen molar-refractivity contribution in [2.45, 2.75) is 38.9 Å². The van der Waals surface area contributed by atoms with Crippen molar-refractivity contribution >= 4 is 0 Å². The number of hydrogen-bond donors (Lipinski definition) is 1. The van der Waals surface area contributed by atoms with Gasteiger partial charge in [0.25, 0.3) is 0 Å². The minimum Gasteiger partial charge on any atom is -0.477 e. The number of rotatable bonds is 7. The first kappa shape index (κ1) is 15.8. The zero-order valence-electron chi connectivity index (χ0n) is 11.1. The molecule has 6 heteroatoms. The monoisotopic (exact) mass is 276 g/mol. The van der Waals surface area contributed by atoms with Crippen LogP contribution in [0.3, 0.4) is 0 Å². The van der Waals surface area contributed by atoms with Crippen LogP contribution in [0, 0.1) is 0 Å². The first-order valence-electron chi connectivity index (χ1n) is 6.32. The number of aromatic nitrogens is 1. The fraction of sp³-hybridized carbons (Fsp3) is 0.615. The van der Waals surface area contributed by atoms with E-state index in [1.165, 1.54) is 6.20 Å². The molecule has 0 spiro atoms. The molecule has 0 amide bonds. The Hall–Kier alpha value is -1.30. The van der Waals surface area contributed by atoms with E-state index in [-0.39, 0.29) is 11.9 Å². The number of nitrogens with one attached hydrogen (secondary N) is 1. The third-order valence-electron chi connectivity index (χ3n) is 2.59. The minimum atomic E-state index is -4.21. The van der Waals surface area contributed by atoms with Gasteiger partial charge in [0.05, 0.1) is 13.0 Å². The SMILES string of the molecule is CCCNC(C)c1cccnc1OCCC(F)(F)F. The van der Waals surface area contributed by atoms with Crippen LogP contribution in [0.2, 0.25) is 0 Å². The molecule has 108 valence electrons. The molecule has 0 bridgehead atoms. The maximum atomic E-state index is 12.1. The number of halogens is 3. The zero-order chi connectivity index (χ0) is 14.3. The Morgan fingerprint density at radius 1 is 1.42 bits per heavy atom. The molecule has 1 aromatic rings. The topological polar surface area (TPSA) is 34.2 Å². The average molecular weight is 276 g/mol. The molecule has 0 aliphatic heterocycles. The molecule has 0 radical (unpaired) electrons. The molecule has 0 saturated heterocycles. The van der Waals surface area contributed by atoms with Gasteiger partial charge < -0.3 is 10.1 Å². The Morgan fingerprint density at radius 3 is 2.79 bits per heavy atom. The average Bonchev–Trinajstić information content (AvgIpc) is 2.35. The molecule has 0 fully saturated rings. The van der Waals surface area contributed by atoms with Gasteiger partial charge in [-0.25, -0.2) is 4.98 Å². The van der Waals surface area contributed by atoms with E-state index in [2.05, 4.69) is 10.3 Å². The first-order valence-corrected chi connectivity index (χ1v) is 6.32. The molecule has 3 nitrogen and oxygen atoms in total. The van der Waals surface area contributed by atoms with E-state index in [4.69, 9.17) is 4.74 Å². The van der Waals surface area contributed by atoms with E-state index in [0.717, 1.165) is 18.5 Å². The predicted octanol–water partition coefficient (Wildman–Crippen LogP) is 3.47. The highest BCUT2D eigenvalue weighted by atomic mass is 19.4. The Balaban J connectivity index is 2.62. The smallest absolute Gasteiger partial charge is 0.392 e. The van der Waals surface area contributed by atoms with Gasteiger partial charge >= 0.3 is 6.18 Å². The van der Waals surface area contributed by atoms with Gasteiger partial charge in [-0.1, -0.05) is 13.0 Å². The van der Waals surface area contributed by atoms with Crippen LogP contribution in [0.5, 0.6) is 5.88 Å². The maximum absolute atomic E-state index is 12.1. The summed E-state index contributed by atoms with van der Waals surface area (Å²) in [5.74, 6) is 0.267. The second kappa shape index (κ2) is 7.33. The summed E-state index contributed by atoms with van der Waals surface area (Å²) < 4.78 is 41.4. The Labute approximate surface area is 111 Å².